The molecule has 1 aromatic rings. The summed E-state index contributed by atoms with van der Waals surface area (Å²) in [7, 11) is 0. The normalized spacial score (nSPS) is 24.8. The number of nitrogens with zero attached hydrogens (tertiary/aromatic N) is 4. The van der Waals surface area contributed by atoms with E-state index in [0.29, 0.717) is 31.9 Å². The number of H-pyrrole nitrogens is 1. The standard InChI is InChI=1S/C17H21N5O4/c1-9-3-14(24)15(19-18-9)17(26)22-8-12-4-13(22)7-21(12)16(25)11-5-20(6-11)10(2)23/h3,11-13H,4-8H2,1-2H3,(H,18,24)/t12-,13-/m0/s1. The zero-order chi connectivity index (χ0) is 18.6. The smallest absolute Gasteiger partial charge is 0.278 e. The van der Waals surface area contributed by atoms with E-state index in [1.165, 1.54) is 13.0 Å². The Hall–Kier alpha value is -2.71. The number of hydrogen-bond acceptors (Lipinski definition) is 5. The van der Waals surface area contributed by atoms with Crippen LogP contribution in [0.15, 0.2) is 10.9 Å². The molecule has 0 radical (unpaired) electrons. The van der Waals surface area contributed by atoms with Gasteiger partial charge in [0.15, 0.2) is 5.69 Å². The minimum absolute atomic E-state index is 0.00964. The average molecular weight is 359 g/mol. The first kappa shape index (κ1) is 16.7. The van der Waals surface area contributed by atoms with Crippen molar-refractivity contribution >= 4 is 17.7 Å². The van der Waals surface area contributed by atoms with Crippen molar-refractivity contribution in [2.45, 2.75) is 32.4 Å². The van der Waals surface area contributed by atoms with Gasteiger partial charge in [-0.25, -0.2) is 0 Å². The zero-order valence-corrected chi connectivity index (χ0v) is 14.8. The quantitative estimate of drug-likeness (QED) is 0.728. The lowest BCUT2D eigenvalue weighted by Crippen LogP contribution is -2.59. The number of aromatic amines is 1. The van der Waals surface area contributed by atoms with E-state index in [0.717, 1.165) is 6.42 Å². The summed E-state index contributed by atoms with van der Waals surface area (Å²) in [5, 5.41) is 6.55. The van der Waals surface area contributed by atoms with Gasteiger partial charge in [-0.05, 0) is 13.3 Å². The van der Waals surface area contributed by atoms with Gasteiger partial charge < -0.3 is 14.7 Å². The molecular weight excluding hydrogens is 338 g/mol. The van der Waals surface area contributed by atoms with Gasteiger partial charge in [-0.2, -0.15) is 5.10 Å². The average Bonchev–Trinajstić information content (AvgIpc) is 3.12. The first-order valence-corrected chi connectivity index (χ1v) is 8.78. The monoisotopic (exact) mass is 359 g/mol. The van der Waals surface area contributed by atoms with Gasteiger partial charge in [-0.1, -0.05) is 0 Å². The van der Waals surface area contributed by atoms with Crippen LogP contribution in [0.1, 0.15) is 29.5 Å². The van der Waals surface area contributed by atoms with Gasteiger partial charge in [0.05, 0.1) is 18.0 Å². The molecular formula is C17H21N5O4. The second-order valence-corrected chi connectivity index (χ2v) is 7.38. The Bertz CT molecular complexity index is 844. The van der Waals surface area contributed by atoms with Gasteiger partial charge in [0.2, 0.25) is 17.2 Å². The molecule has 26 heavy (non-hydrogen) atoms. The number of fused-ring (bicyclic) bond motifs is 2. The van der Waals surface area contributed by atoms with Crippen LogP contribution in [-0.2, 0) is 9.59 Å². The van der Waals surface area contributed by atoms with Crippen molar-refractivity contribution in [2.24, 2.45) is 5.92 Å². The molecule has 1 aromatic heterocycles. The number of amides is 3. The Balaban J connectivity index is 1.41. The van der Waals surface area contributed by atoms with Crippen LogP contribution >= 0.6 is 0 Å². The fourth-order valence-electron chi connectivity index (χ4n) is 4.10. The predicted molar refractivity (Wildman–Crippen MR) is 90.3 cm³/mol. The van der Waals surface area contributed by atoms with Crippen molar-refractivity contribution < 1.29 is 14.4 Å². The molecule has 1 N–H and O–H groups in total. The van der Waals surface area contributed by atoms with E-state index >= 15 is 0 Å². The predicted octanol–water partition coefficient (Wildman–Crippen LogP) is -1.02. The van der Waals surface area contributed by atoms with E-state index < -0.39 is 0 Å². The van der Waals surface area contributed by atoms with E-state index in [1.807, 2.05) is 4.90 Å². The Morgan fingerprint density at radius 1 is 1.12 bits per heavy atom. The van der Waals surface area contributed by atoms with Crippen molar-refractivity contribution in [3.63, 3.8) is 0 Å². The number of nitrogens with one attached hydrogen (secondary N) is 1. The van der Waals surface area contributed by atoms with Gasteiger partial charge in [0.25, 0.3) is 5.91 Å². The Kier molecular flexibility index (Phi) is 3.82. The minimum Gasteiger partial charge on any atom is -0.341 e. The highest BCUT2D eigenvalue weighted by molar-refractivity contribution is 5.93. The molecule has 4 heterocycles. The molecule has 0 unspecified atom stereocenters. The number of piperazine rings is 1. The van der Waals surface area contributed by atoms with Crippen LogP contribution in [0.2, 0.25) is 0 Å². The summed E-state index contributed by atoms with van der Waals surface area (Å²) in [6, 6.07) is 1.26. The number of aryl methyl sites for hydroxylation is 1. The second kappa shape index (κ2) is 5.93. The molecule has 0 aliphatic carbocycles. The van der Waals surface area contributed by atoms with Crippen LogP contribution in [0.25, 0.3) is 0 Å². The van der Waals surface area contributed by atoms with Gasteiger partial charge in [-0.3, -0.25) is 24.3 Å². The Morgan fingerprint density at radius 3 is 2.35 bits per heavy atom. The SMILES string of the molecule is CC(=O)N1CC(C(=O)N2C[C@@H]3C[C@H]2CN3C(=O)c2n[nH]c(C)cc2=O)C1. The molecule has 2 atom stereocenters. The number of likely N-dealkylation sites (tertiary alicyclic amines) is 3. The van der Waals surface area contributed by atoms with Gasteiger partial charge in [0, 0.05) is 44.9 Å². The van der Waals surface area contributed by atoms with E-state index in [4.69, 9.17) is 0 Å². The van der Waals surface area contributed by atoms with Gasteiger partial charge in [-0.15, -0.1) is 0 Å². The van der Waals surface area contributed by atoms with Crippen molar-refractivity contribution in [2.75, 3.05) is 26.2 Å². The summed E-state index contributed by atoms with van der Waals surface area (Å²) in [5.74, 6) is -0.459. The number of aromatic nitrogens is 2. The molecule has 0 spiro atoms. The molecule has 3 aliphatic heterocycles. The maximum Gasteiger partial charge on any atom is 0.278 e. The first-order chi connectivity index (χ1) is 12.3. The summed E-state index contributed by atoms with van der Waals surface area (Å²) in [4.78, 5) is 53.7. The molecule has 2 bridgehead atoms. The van der Waals surface area contributed by atoms with Crippen LogP contribution in [0.4, 0.5) is 0 Å². The van der Waals surface area contributed by atoms with Crippen molar-refractivity contribution in [1.29, 1.82) is 0 Å². The third-order valence-electron chi connectivity index (χ3n) is 5.59. The Labute approximate surface area is 149 Å². The molecule has 0 saturated carbocycles. The van der Waals surface area contributed by atoms with Crippen molar-refractivity contribution in [3.8, 4) is 0 Å². The molecule has 9 nitrogen and oxygen atoms in total. The topological polar surface area (TPSA) is 107 Å². The number of hydrogen-bond donors (Lipinski definition) is 1. The maximum absolute atomic E-state index is 12.7. The third kappa shape index (κ3) is 2.58. The van der Waals surface area contributed by atoms with Crippen molar-refractivity contribution in [3.05, 3.63) is 27.7 Å². The molecule has 4 rings (SSSR count). The fraction of sp³-hybridized carbons (Fsp3) is 0.588. The zero-order valence-electron chi connectivity index (χ0n) is 14.8. The van der Waals surface area contributed by atoms with Gasteiger partial charge in [0.1, 0.15) is 0 Å². The Morgan fingerprint density at radius 2 is 1.77 bits per heavy atom. The minimum atomic E-state index is -0.388. The van der Waals surface area contributed by atoms with Crippen molar-refractivity contribution in [1.82, 2.24) is 24.9 Å². The lowest BCUT2D eigenvalue weighted by molar-refractivity contribution is -0.148. The molecule has 0 aromatic carbocycles. The number of carbonyl (C=O) groups is 3. The van der Waals surface area contributed by atoms with E-state index in [-0.39, 0.29) is 46.8 Å². The largest absolute Gasteiger partial charge is 0.341 e. The van der Waals surface area contributed by atoms with Crippen LogP contribution in [0, 0.1) is 12.8 Å². The first-order valence-electron chi connectivity index (χ1n) is 8.78. The highest BCUT2D eigenvalue weighted by atomic mass is 16.2. The van der Waals surface area contributed by atoms with E-state index in [9.17, 15) is 19.2 Å². The van der Waals surface area contributed by atoms with Crippen LogP contribution in [-0.4, -0.2) is 80.9 Å². The fourth-order valence-corrected chi connectivity index (χ4v) is 4.10. The summed E-state index contributed by atoms with van der Waals surface area (Å²) >= 11 is 0. The lowest BCUT2D eigenvalue weighted by Gasteiger charge is -2.42. The molecule has 3 amide bonds. The maximum atomic E-state index is 12.7. The third-order valence-corrected chi connectivity index (χ3v) is 5.59. The summed E-state index contributed by atoms with van der Waals surface area (Å²) in [6.07, 6.45) is 0.727. The van der Waals surface area contributed by atoms with E-state index in [2.05, 4.69) is 10.2 Å². The molecule has 3 fully saturated rings. The molecule has 3 saturated heterocycles. The summed E-state index contributed by atoms with van der Waals surface area (Å²) in [5.41, 5.74) is 0.115. The highest BCUT2D eigenvalue weighted by Gasteiger charge is 2.50. The summed E-state index contributed by atoms with van der Waals surface area (Å²) in [6.45, 7) is 5.07. The lowest BCUT2D eigenvalue weighted by atomic mass is 9.98. The van der Waals surface area contributed by atoms with Gasteiger partial charge >= 0.3 is 0 Å². The number of rotatable bonds is 2. The molecule has 9 heteroatoms. The van der Waals surface area contributed by atoms with Crippen LogP contribution in [0.3, 0.4) is 0 Å². The molecule has 138 valence electrons. The second-order valence-electron chi connectivity index (χ2n) is 7.38. The van der Waals surface area contributed by atoms with Crippen LogP contribution < -0.4 is 5.43 Å². The number of carbonyl (C=O) groups excluding carboxylic acids is 3. The van der Waals surface area contributed by atoms with Crippen LogP contribution in [0.5, 0.6) is 0 Å². The van der Waals surface area contributed by atoms with E-state index in [1.54, 1.807) is 16.7 Å². The molecule has 3 aliphatic rings. The summed E-state index contributed by atoms with van der Waals surface area (Å²) < 4.78 is 0. The highest BCUT2D eigenvalue weighted by Crippen LogP contribution is 2.33.